The fourth-order valence-electron chi connectivity index (χ4n) is 5.71. The zero-order chi connectivity index (χ0) is 24.3. The molecule has 2 atom stereocenters. The number of hydrogen-bond acceptors (Lipinski definition) is 4. The number of aromatic nitrogens is 5. The van der Waals surface area contributed by atoms with E-state index in [4.69, 9.17) is 0 Å². The van der Waals surface area contributed by atoms with Crippen molar-refractivity contribution < 1.29 is 13.2 Å². The maximum Gasteiger partial charge on any atom is 0.416 e. The van der Waals surface area contributed by atoms with Crippen molar-refractivity contribution in [3.05, 3.63) is 52.6 Å². The van der Waals surface area contributed by atoms with Crippen molar-refractivity contribution in [2.45, 2.75) is 51.1 Å². The number of nitrogens with zero attached hydrogens (tertiary/aromatic N) is 6. The van der Waals surface area contributed by atoms with E-state index in [0.29, 0.717) is 5.92 Å². The lowest BCUT2D eigenvalue weighted by atomic mass is 9.94. The number of hydrogen-bond donors (Lipinski definition) is 0. The summed E-state index contributed by atoms with van der Waals surface area (Å²) in [5.41, 5.74) is 3.63. The van der Waals surface area contributed by atoms with E-state index in [-0.39, 0.29) is 17.8 Å². The van der Waals surface area contributed by atoms with Crippen LogP contribution in [-0.2, 0) is 32.1 Å². The topological polar surface area (TPSA) is 51.8 Å². The standard InChI is InChI=1S/C25H31F3N6.ClH/c1-16-22(17(2)33(4)31-16)23-30-29-21(32(23)3)7-5-6-12-34-14-20-13-24(20,15-34)18-8-10-19(11-9-18)25(26,27)28;/h8-11,20H,5-7,12-15H2,1-4H3;1H/t20-,24+;/m0./s1. The van der Waals surface area contributed by atoms with Gasteiger partial charge in [0.1, 0.15) is 5.82 Å². The van der Waals surface area contributed by atoms with Crippen LogP contribution in [0.1, 0.15) is 47.6 Å². The number of rotatable bonds is 7. The highest BCUT2D eigenvalue weighted by Crippen LogP contribution is 2.59. The highest BCUT2D eigenvalue weighted by atomic mass is 35.5. The van der Waals surface area contributed by atoms with Gasteiger partial charge in [0, 0.05) is 44.7 Å². The number of aryl methyl sites for hydroxylation is 3. The third-order valence-corrected chi connectivity index (χ3v) is 7.83. The van der Waals surface area contributed by atoms with Crippen LogP contribution >= 0.6 is 12.4 Å². The normalized spacial score (nSPS) is 21.7. The molecular formula is C25H32ClF3N6. The van der Waals surface area contributed by atoms with Crippen LogP contribution in [0.3, 0.4) is 0 Å². The molecule has 2 aliphatic rings. The molecule has 1 aromatic carbocycles. The van der Waals surface area contributed by atoms with Crippen molar-refractivity contribution in [2.75, 3.05) is 19.6 Å². The van der Waals surface area contributed by atoms with Gasteiger partial charge in [-0.05, 0) is 63.3 Å². The maximum atomic E-state index is 12.9. The van der Waals surface area contributed by atoms with E-state index in [9.17, 15) is 13.2 Å². The molecule has 1 saturated heterocycles. The number of halogens is 4. The van der Waals surface area contributed by atoms with Crippen LogP contribution in [0.5, 0.6) is 0 Å². The quantitative estimate of drug-likeness (QED) is 0.427. The molecule has 1 saturated carbocycles. The van der Waals surface area contributed by atoms with E-state index in [1.54, 1.807) is 12.1 Å². The third kappa shape index (κ3) is 4.60. The molecular weight excluding hydrogens is 477 g/mol. The fraction of sp³-hybridized carbons (Fsp3) is 0.560. The van der Waals surface area contributed by atoms with Gasteiger partial charge < -0.3 is 9.47 Å². The van der Waals surface area contributed by atoms with Gasteiger partial charge in [-0.15, -0.1) is 22.6 Å². The van der Waals surface area contributed by atoms with Crippen molar-refractivity contribution in [3.63, 3.8) is 0 Å². The average Bonchev–Trinajstić information content (AvgIpc) is 3.02. The first-order valence-corrected chi connectivity index (χ1v) is 11.9. The second-order valence-corrected chi connectivity index (χ2v) is 9.99. The Morgan fingerprint density at radius 2 is 1.77 bits per heavy atom. The minimum Gasteiger partial charge on any atom is -0.314 e. The van der Waals surface area contributed by atoms with Gasteiger partial charge in [-0.1, -0.05) is 12.1 Å². The molecule has 3 aromatic rings. The van der Waals surface area contributed by atoms with Crippen LogP contribution in [0.2, 0.25) is 0 Å². The number of benzene rings is 1. The second-order valence-electron chi connectivity index (χ2n) is 9.99. The van der Waals surface area contributed by atoms with Crippen molar-refractivity contribution >= 4 is 12.4 Å². The van der Waals surface area contributed by atoms with Gasteiger partial charge in [-0.3, -0.25) is 4.68 Å². The van der Waals surface area contributed by atoms with Crippen LogP contribution in [0.4, 0.5) is 13.2 Å². The Balaban J connectivity index is 0.00000289. The van der Waals surface area contributed by atoms with Crippen molar-refractivity contribution in [1.29, 1.82) is 0 Å². The molecule has 2 aromatic heterocycles. The lowest BCUT2D eigenvalue weighted by molar-refractivity contribution is -0.137. The smallest absolute Gasteiger partial charge is 0.314 e. The van der Waals surface area contributed by atoms with Gasteiger partial charge in [0.25, 0.3) is 0 Å². The van der Waals surface area contributed by atoms with Crippen LogP contribution in [0, 0.1) is 19.8 Å². The Morgan fingerprint density at radius 3 is 2.40 bits per heavy atom. The molecule has 0 bridgehead atoms. The highest BCUT2D eigenvalue weighted by molar-refractivity contribution is 5.85. The summed E-state index contributed by atoms with van der Waals surface area (Å²) in [6.07, 6.45) is -0.249. The Labute approximate surface area is 209 Å². The summed E-state index contributed by atoms with van der Waals surface area (Å²) in [6.45, 7) is 7.02. The molecule has 0 spiro atoms. The number of alkyl halides is 3. The summed E-state index contributed by atoms with van der Waals surface area (Å²) in [5.74, 6) is 2.40. The zero-order valence-electron chi connectivity index (χ0n) is 20.6. The molecule has 35 heavy (non-hydrogen) atoms. The Bertz CT molecular complexity index is 1200. The SMILES string of the molecule is Cc1nn(C)c(C)c1-c1nnc(CCCCN2C[C@@H]3C[C@]3(c3ccc(C(F)(F)F)cc3)C2)n1C.Cl. The first-order valence-electron chi connectivity index (χ1n) is 11.9. The van der Waals surface area contributed by atoms with Gasteiger partial charge in [0.15, 0.2) is 5.82 Å². The summed E-state index contributed by atoms with van der Waals surface area (Å²) < 4.78 is 42.6. The van der Waals surface area contributed by atoms with E-state index < -0.39 is 11.7 Å². The number of fused-ring (bicyclic) bond motifs is 1. The van der Waals surface area contributed by atoms with Gasteiger partial charge in [-0.25, -0.2) is 0 Å². The van der Waals surface area contributed by atoms with E-state index >= 15 is 0 Å². The summed E-state index contributed by atoms with van der Waals surface area (Å²) in [4.78, 5) is 2.47. The largest absolute Gasteiger partial charge is 0.416 e. The van der Waals surface area contributed by atoms with E-state index in [1.165, 1.54) is 12.1 Å². The third-order valence-electron chi connectivity index (χ3n) is 7.83. The Morgan fingerprint density at radius 1 is 1.06 bits per heavy atom. The summed E-state index contributed by atoms with van der Waals surface area (Å²) in [7, 11) is 3.95. The molecule has 0 unspecified atom stereocenters. The molecule has 10 heteroatoms. The molecule has 1 aliphatic heterocycles. The number of piperidine rings is 1. The van der Waals surface area contributed by atoms with E-state index in [2.05, 4.69) is 24.8 Å². The molecule has 5 rings (SSSR count). The Hall–Kier alpha value is -2.39. The molecule has 3 heterocycles. The summed E-state index contributed by atoms with van der Waals surface area (Å²) in [5, 5.41) is 13.4. The molecule has 0 N–H and O–H groups in total. The lowest BCUT2D eigenvalue weighted by Crippen LogP contribution is -2.27. The van der Waals surface area contributed by atoms with Gasteiger partial charge in [0.05, 0.1) is 16.8 Å². The van der Waals surface area contributed by atoms with Crippen LogP contribution < -0.4 is 0 Å². The first kappa shape index (κ1) is 25.7. The van der Waals surface area contributed by atoms with Crippen LogP contribution in [0.15, 0.2) is 24.3 Å². The van der Waals surface area contributed by atoms with Gasteiger partial charge in [0.2, 0.25) is 0 Å². The fourth-order valence-corrected chi connectivity index (χ4v) is 5.71. The lowest BCUT2D eigenvalue weighted by Gasteiger charge is -2.21. The molecule has 0 amide bonds. The minimum atomic E-state index is -4.28. The first-order chi connectivity index (χ1) is 16.1. The van der Waals surface area contributed by atoms with Crippen LogP contribution in [0.25, 0.3) is 11.4 Å². The van der Waals surface area contributed by atoms with Gasteiger partial charge >= 0.3 is 6.18 Å². The molecule has 6 nitrogen and oxygen atoms in total. The molecule has 190 valence electrons. The molecule has 1 aliphatic carbocycles. The predicted octanol–water partition coefficient (Wildman–Crippen LogP) is 4.87. The van der Waals surface area contributed by atoms with Crippen LogP contribution in [-0.4, -0.2) is 49.1 Å². The van der Waals surface area contributed by atoms with Gasteiger partial charge in [-0.2, -0.15) is 18.3 Å². The average molecular weight is 509 g/mol. The van der Waals surface area contributed by atoms with E-state index in [0.717, 1.165) is 79.5 Å². The molecule has 2 fully saturated rings. The maximum absolute atomic E-state index is 12.9. The monoisotopic (exact) mass is 508 g/mol. The second kappa shape index (κ2) is 9.24. The number of unbranched alkanes of at least 4 members (excludes halogenated alkanes) is 1. The summed E-state index contributed by atoms with van der Waals surface area (Å²) in [6, 6.07) is 5.82. The van der Waals surface area contributed by atoms with Crippen molar-refractivity contribution in [3.8, 4) is 11.4 Å². The number of likely N-dealkylation sites (tertiary alicyclic amines) is 1. The Kier molecular flexibility index (Phi) is 6.79. The van der Waals surface area contributed by atoms with Crippen molar-refractivity contribution in [1.82, 2.24) is 29.4 Å². The zero-order valence-corrected chi connectivity index (χ0v) is 21.4. The minimum absolute atomic E-state index is 0. The van der Waals surface area contributed by atoms with Crippen molar-refractivity contribution in [2.24, 2.45) is 20.0 Å². The molecule has 0 radical (unpaired) electrons. The highest BCUT2D eigenvalue weighted by Gasteiger charge is 2.60. The predicted molar refractivity (Wildman–Crippen MR) is 131 cm³/mol. The van der Waals surface area contributed by atoms with E-state index in [1.807, 2.05) is 32.6 Å². The summed E-state index contributed by atoms with van der Waals surface area (Å²) >= 11 is 0.